The molecule has 4 heterocycles. The molecule has 0 spiro atoms. The van der Waals surface area contributed by atoms with Gasteiger partial charge in [0.25, 0.3) is 11.5 Å². The van der Waals surface area contributed by atoms with Gasteiger partial charge in [-0.1, -0.05) is 26.3 Å². The second kappa shape index (κ2) is 12.0. The van der Waals surface area contributed by atoms with Crippen molar-refractivity contribution < 1.29 is 9.59 Å². The van der Waals surface area contributed by atoms with Gasteiger partial charge in [-0.15, -0.1) is 0 Å². The van der Waals surface area contributed by atoms with E-state index in [1.165, 1.54) is 0 Å². The average Bonchev–Trinajstić information content (AvgIpc) is 3.34. The van der Waals surface area contributed by atoms with Crippen molar-refractivity contribution in [1.82, 2.24) is 30.0 Å². The third kappa shape index (κ3) is 5.97. The van der Waals surface area contributed by atoms with Gasteiger partial charge in [-0.3, -0.25) is 14.4 Å². The van der Waals surface area contributed by atoms with Crippen LogP contribution in [0.4, 0.5) is 0 Å². The van der Waals surface area contributed by atoms with Gasteiger partial charge in [0.2, 0.25) is 5.91 Å². The van der Waals surface area contributed by atoms with Crippen molar-refractivity contribution >= 4 is 28.4 Å². The third-order valence-electron chi connectivity index (χ3n) is 7.55. The van der Waals surface area contributed by atoms with Crippen LogP contribution in [-0.4, -0.2) is 49.6 Å². The van der Waals surface area contributed by atoms with Crippen LogP contribution >= 0.6 is 0 Å². The summed E-state index contributed by atoms with van der Waals surface area (Å²) in [5.74, 6) is 0.00168. The van der Waals surface area contributed by atoms with Crippen LogP contribution in [0, 0.1) is 19.8 Å². The number of carbonyl (C=O) groups is 2. The maximum absolute atomic E-state index is 13.5. The Morgan fingerprint density at radius 3 is 2.56 bits per heavy atom. The van der Waals surface area contributed by atoms with E-state index in [0.29, 0.717) is 47.4 Å². The first-order valence-corrected chi connectivity index (χ1v) is 14.0. The van der Waals surface area contributed by atoms with Crippen molar-refractivity contribution in [2.45, 2.75) is 79.8 Å². The molecular formula is C30H40N6O3. The fourth-order valence-corrected chi connectivity index (χ4v) is 5.32. The Kier molecular flexibility index (Phi) is 8.67. The second-order valence-electron chi connectivity index (χ2n) is 10.8. The first-order valence-electron chi connectivity index (χ1n) is 14.0. The summed E-state index contributed by atoms with van der Waals surface area (Å²) in [6.45, 7) is 13.2. The van der Waals surface area contributed by atoms with Crippen LogP contribution < -0.4 is 10.9 Å². The highest BCUT2D eigenvalue weighted by Gasteiger charge is 2.26. The number of hydrogen-bond donors (Lipinski definition) is 2. The average molecular weight is 533 g/mol. The monoisotopic (exact) mass is 532 g/mol. The van der Waals surface area contributed by atoms with Crippen molar-refractivity contribution in [3.63, 3.8) is 0 Å². The van der Waals surface area contributed by atoms with E-state index in [1.807, 2.05) is 49.4 Å². The minimum atomic E-state index is -0.287. The molecule has 0 aliphatic carbocycles. The molecule has 0 aromatic carbocycles. The summed E-state index contributed by atoms with van der Waals surface area (Å²) in [5.41, 5.74) is 4.79. The molecule has 3 aromatic rings. The number of hydrogen-bond acceptors (Lipinski definition) is 5. The quantitative estimate of drug-likeness (QED) is 0.415. The number of aromatic amines is 1. The summed E-state index contributed by atoms with van der Waals surface area (Å²) < 4.78 is 1.82. The first kappa shape index (κ1) is 28.3. The maximum atomic E-state index is 13.5. The van der Waals surface area contributed by atoms with Crippen LogP contribution in [0.3, 0.4) is 0 Å². The zero-order valence-corrected chi connectivity index (χ0v) is 23.9. The van der Waals surface area contributed by atoms with Gasteiger partial charge in [0, 0.05) is 42.9 Å². The first-order chi connectivity index (χ1) is 18.6. The molecule has 9 heteroatoms. The number of rotatable bonds is 9. The summed E-state index contributed by atoms with van der Waals surface area (Å²) in [5, 5.41) is 8.11. The largest absolute Gasteiger partial charge is 0.348 e. The summed E-state index contributed by atoms with van der Waals surface area (Å²) in [6, 6.07) is 3.77. The van der Waals surface area contributed by atoms with Crippen LogP contribution in [0.15, 0.2) is 29.2 Å². The lowest BCUT2D eigenvalue weighted by Gasteiger charge is -2.29. The van der Waals surface area contributed by atoms with Crippen molar-refractivity contribution in [2.75, 3.05) is 13.1 Å². The van der Waals surface area contributed by atoms with E-state index in [0.717, 1.165) is 36.1 Å². The van der Waals surface area contributed by atoms with E-state index in [1.54, 1.807) is 6.20 Å². The van der Waals surface area contributed by atoms with Crippen molar-refractivity contribution in [3.8, 4) is 0 Å². The smallest absolute Gasteiger partial charge is 0.253 e. The van der Waals surface area contributed by atoms with Gasteiger partial charge < -0.3 is 15.2 Å². The van der Waals surface area contributed by atoms with Crippen LogP contribution in [0.2, 0.25) is 0 Å². The predicted octanol–water partition coefficient (Wildman–Crippen LogP) is 4.69. The molecule has 1 aliphatic rings. The highest BCUT2D eigenvalue weighted by Crippen LogP contribution is 2.28. The van der Waals surface area contributed by atoms with Crippen molar-refractivity contribution in [2.24, 2.45) is 5.92 Å². The number of H-pyrrole nitrogens is 1. The summed E-state index contributed by atoms with van der Waals surface area (Å²) in [7, 11) is 0. The number of nitrogens with one attached hydrogen (secondary N) is 2. The molecule has 2 amide bonds. The normalized spacial score (nSPS) is 14.5. The van der Waals surface area contributed by atoms with E-state index in [2.05, 4.69) is 35.3 Å². The Balaban J connectivity index is 1.64. The Bertz CT molecular complexity index is 1470. The van der Waals surface area contributed by atoms with Gasteiger partial charge in [-0.25, -0.2) is 9.67 Å². The lowest BCUT2D eigenvalue weighted by Crippen LogP contribution is -2.38. The van der Waals surface area contributed by atoms with Gasteiger partial charge in [0.1, 0.15) is 0 Å². The molecule has 2 N–H and O–H groups in total. The molecule has 0 saturated carbocycles. The standard InChI is InChI=1S/C30H40N6O3/c1-7-9-21(8-2)30(39)35-12-10-22(11-13-35)26-15-23(25-17-32-36(18(3)4)27(25)34-26)28(37)31-16-24-19(5)14-20(6)33-29(24)38/h10,14-15,17-18,21H,7-9,11-13,16H2,1-6H3,(H,31,37)(H,33,38). The molecular weight excluding hydrogens is 492 g/mol. The van der Waals surface area contributed by atoms with Crippen LogP contribution in [0.1, 0.15) is 92.3 Å². The minimum Gasteiger partial charge on any atom is -0.348 e. The van der Waals surface area contributed by atoms with Gasteiger partial charge in [0.05, 0.1) is 22.8 Å². The van der Waals surface area contributed by atoms with Crippen LogP contribution in [-0.2, 0) is 11.3 Å². The summed E-state index contributed by atoms with van der Waals surface area (Å²) >= 11 is 0. The van der Waals surface area contributed by atoms with Gasteiger partial charge in [0.15, 0.2) is 5.65 Å². The number of nitrogens with zero attached hydrogens (tertiary/aromatic N) is 4. The van der Waals surface area contributed by atoms with E-state index in [9.17, 15) is 14.4 Å². The number of carbonyl (C=O) groups excluding carboxylic acids is 2. The number of amides is 2. The topological polar surface area (TPSA) is 113 Å². The molecule has 4 rings (SSSR count). The van der Waals surface area contributed by atoms with E-state index >= 15 is 0 Å². The number of pyridine rings is 2. The molecule has 208 valence electrons. The molecule has 1 atom stereocenters. The van der Waals surface area contributed by atoms with Gasteiger partial charge >= 0.3 is 0 Å². The molecule has 0 bridgehead atoms. The van der Waals surface area contributed by atoms with Gasteiger partial charge in [-0.2, -0.15) is 5.10 Å². The Morgan fingerprint density at radius 1 is 1.18 bits per heavy atom. The fourth-order valence-electron chi connectivity index (χ4n) is 5.32. The zero-order valence-electron chi connectivity index (χ0n) is 23.9. The maximum Gasteiger partial charge on any atom is 0.253 e. The predicted molar refractivity (Wildman–Crippen MR) is 153 cm³/mol. The number of fused-ring (bicyclic) bond motifs is 1. The SMILES string of the molecule is CCCC(CC)C(=O)N1CC=C(c2cc(C(=O)NCc3c(C)cc(C)[nH]c3=O)c3cnn(C(C)C)c3n2)CC1. The molecule has 0 radical (unpaired) electrons. The summed E-state index contributed by atoms with van der Waals surface area (Å²) in [6.07, 6.45) is 7.16. The molecule has 1 unspecified atom stereocenters. The minimum absolute atomic E-state index is 0.0629. The Labute approximate surface area is 229 Å². The van der Waals surface area contributed by atoms with E-state index < -0.39 is 0 Å². The van der Waals surface area contributed by atoms with Crippen molar-refractivity contribution in [1.29, 1.82) is 0 Å². The van der Waals surface area contributed by atoms with Crippen LogP contribution in [0.25, 0.3) is 16.6 Å². The number of aromatic nitrogens is 4. The molecule has 39 heavy (non-hydrogen) atoms. The third-order valence-corrected chi connectivity index (χ3v) is 7.55. The second-order valence-corrected chi connectivity index (χ2v) is 10.8. The lowest BCUT2D eigenvalue weighted by molar-refractivity contribution is -0.135. The summed E-state index contributed by atoms with van der Waals surface area (Å²) in [4.78, 5) is 48.6. The van der Waals surface area contributed by atoms with Crippen LogP contribution in [0.5, 0.6) is 0 Å². The number of aryl methyl sites for hydroxylation is 2. The molecule has 3 aromatic heterocycles. The van der Waals surface area contributed by atoms with E-state index in [-0.39, 0.29) is 35.9 Å². The highest BCUT2D eigenvalue weighted by molar-refractivity contribution is 6.06. The fraction of sp³-hybridized carbons (Fsp3) is 0.500. The van der Waals surface area contributed by atoms with Gasteiger partial charge in [-0.05, 0) is 70.2 Å². The van der Waals surface area contributed by atoms with Crippen molar-refractivity contribution in [3.05, 3.63) is 62.8 Å². The Hall–Kier alpha value is -3.75. The molecule has 0 fully saturated rings. The molecule has 0 saturated heterocycles. The Morgan fingerprint density at radius 2 is 1.95 bits per heavy atom. The lowest BCUT2D eigenvalue weighted by atomic mass is 9.96. The zero-order chi connectivity index (χ0) is 28.3. The molecule has 1 aliphatic heterocycles. The highest BCUT2D eigenvalue weighted by atomic mass is 16.2. The van der Waals surface area contributed by atoms with E-state index in [4.69, 9.17) is 4.98 Å². The molecule has 9 nitrogen and oxygen atoms in total.